The fourth-order valence-electron chi connectivity index (χ4n) is 1.93. The molecule has 2 aromatic rings. The Bertz CT molecular complexity index is 581. The summed E-state index contributed by atoms with van der Waals surface area (Å²) in [6.45, 7) is 3.10. The van der Waals surface area contributed by atoms with E-state index in [2.05, 4.69) is 15.5 Å². The Morgan fingerprint density at radius 3 is 2.75 bits per heavy atom. The standard InChI is InChI=1S/C14H17N3O3/c1-10-16-13(20-17-10)6-7-15-9-12-5-3-2-4-11(12)8-14(18)19/h2-5,15H,6-9H2,1H3,(H,18,19). The lowest BCUT2D eigenvalue weighted by Gasteiger charge is -2.08. The lowest BCUT2D eigenvalue weighted by atomic mass is 10.0. The Morgan fingerprint density at radius 2 is 2.10 bits per heavy atom. The van der Waals surface area contributed by atoms with Crippen molar-refractivity contribution in [2.24, 2.45) is 0 Å². The van der Waals surface area contributed by atoms with Crippen LogP contribution in [0.1, 0.15) is 22.8 Å². The predicted octanol–water partition coefficient (Wildman–Crippen LogP) is 1.34. The van der Waals surface area contributed by atoms with E-state index in [1.807, 2.05) is 24.3 Å². The smallest absolute Gasteiger partial charge is 0.307 e. The van der Waals surface area contributed by atoms with Gasteiger partial charge in [-0.2, -0.15) is 4.98 Å². The third-order valence-corrected chi connectivity index (χ3v) is 2.86. The van der Waals surface area contributed by atoms with E-state index in [1.54, 1.807) is 6.92 Å². The largest absolute Gasteiger partial charge is 0.481 e. The molecule has 0 aliphatic carbocycles. The SMILES string of the molecule is Cc1noc(CCNCc2ccccc2CC(=O)O)n1. The van der Waals surface area contributed by atoms with E-state index in [0.717, 1.165) is 11.1 Å². The van der Waals surface area contributed by atoms with Crippen LogP contribution in [0.4, 0.5) is 0 Å². The zero-order valence-corrected chi connectivity index (χ0v) is 11.3. The minimum Gasteiger partial charge on any atom is -0.481 e. The maximum atomic E-state index is 10.8. The van der Waals surface area contributed by atoms with Crippen molar-refractivity contribution in [3.63, 3.8) is 0 Å². The van der Waals surface area contributed by atoms with Crippen LogP contribution in [0.15, 0.2) is 28.8 Å². The molecule has 6 heteroatoms. The average molecular weight is 275 g/mol. The molecule has 20 heavy (non-hydrogen) atoms. The highest BCUT2D eigenvalue weighted by Crippen LogP contribution is 2.09. The molecule has 0 amide bonds. The summed E-state index contributed by atoms with van der Waals surface area (Å²) in [4.78, 5) is 14.9. The van der Waals surface area contributed by atoms with Crippen LogP contribution in [0.5, 0.6) is 0 Å². The number of carbonyl (C=O) groups is 1. The number of carboxylic acid groups (broad SMARTS) is 1. The first-order chi connectivity index (χ1) is 9.65. The van der Waals surface area contributed by atoms with Gasteiger partial charge in [0.1, 0.15) is 0 Å². The molecule has 0 unspecified atom stereocenters. The van der Waals surface area contributed by atoms with E-state index in [1.165, 1.54) is 0 Å². The highest BCUT2D eigenvalue weighted by molar-refractivity contribution is 5.70. The van der Waals surface area contributed by atoms with Gasteiger partial charge in [0.05, 0.1) is 6.42 Å². The molecular formula is C14H17N3O3. The number of hydrogen-bond donors (Lipinski definition) is 2. The Balaban J connectivity index is 1.83. The van der Waals surface area contributed by atoms with E-state index >= 15 is 0 Å². The molecule has 2 rings (SSSR count). The lowest BCUT2D eigenvalue weighted by molar-refractivity contribution is -0.136. The zero-order chi connectivity index (χ0) is 14.4. The molecule has 1 aromatic heterocycles. The van der Waals surface area contributed by atoms with Crippen molar-refractivity contribution in [2.45, 2.75) is 26.3 Å². The molecule has 6 nitrogen and oxygen atoms in total. The van der Waals surface area contributed by atoms with Gasteiger partial charge >= 0.3 is 5.97 Å². The molecule has 0 aliphatic heterocycles. The van der Waals surface area contributed by atoms with Crippen LogP contribution in [0.2, 0.25) is 0 Å². The number of rotatable bonds is 7. The lowest BCUT2D eigenvalue weighted by Crippen LogP contribution is -2.18. The van der Waals surface area contributed by atoms with E-state index < -0.39 is 5.97 Å². The van der Waals surface area contributed by atoms with Crippen LogP contribution in [0, 0.1) is 6.92 Å². The summed E-state index contributed by atoms with van der Waals surface area (Å²) in [6, 6.07) is 7.53. The second-order valence-electron chi connectivity index (χ2n) is 4.50. The zero-order valence-electron chi connectivity index (χ0n) is 11.3. The topological polar surface area (TPSA) is 88.2 Å². The number of hydrogen-bond acceptors (Lipinski definition) is 5. The summed E-state index contributed by atoms with van der Waals surface area (Å²) in [7, 11) is 0. The van der Waals surface area contributed by atoms with Gasteiger partial charge in [0.15, 0.2) is 5.82 Å². The van der Waals surface area contributed by atoms with Crippen LogP contribution < -0.4 is 5.32 Å². The van der Waals surface area contributed by atoms with Crippen molar-refractivity contribution in [2.75, 3.05) is 6.54 Å². The number of carboxylic acids is 1. The number of nitrogens with one attached hydrogen (secondary N) is 1. The molecule has 0 atom stereocenters. The van der Waals surface area contributed by atoms with Gasteiger partial charge in [-0.05, 0) is 18.1 Å². The van der Waals surface area contributed by atoms with Gasteiger partial charge in [0.25, 0.3) is 0 Å². The number of aliphatic carboxylic acids is 1. The van der Waals surface area contributed by atoms with Crippen LogP contribution in [0.25, 0.3) is 0 Å². The fourth-order valence-corrected chi connectivity index (χ4v) is 1.93. The van der Waals surface area contributed by atoms with Gasteiger partial charge in [-0.25, -0.2) is 0 Å². The molecule has 0 fully saturated rings. The van der Waals surface area contributed by atoms with Gasteiger partial charge in [0, 0.05) is 19.5 Å². The molecule has 0 aliphatic rings. The first kappa shape index (κ1) is 14.2. The minimum absolute atomic E-state index is 0.0424. The summed E-state index contributed by atoms with van der Waals surface area (Å²) >= 11 is 0. The Hall–Kier alpha value is -2.21. The molecule has 1 aromatic carbocycles. The quantitative estimate of drug-likeness (QED) is 0.741. The van der Waals surface area contributed by atoms with Crippen molar-refractivity contribution in [3.8, 4) is 0 Å². The molecule has 1 heterocycles. The van der Waals surface area contributed by atoms with Crippen LogP contribution in [-0.4, -0.2) is 27.8 Å². The summed E-state index contributed by atoms with van der Waals surface area (Å²) in [5.74, 6) is 0.416. The van der Waals surface area contributed by atoms with Gasteiger partial charge in [0.2, 0.25) is 5.89 Å². The first-order valence-corrected chi connectivity index (χ1v) is 6.43. The highest BCUT2D eigenvalue weighted by atomic mass is 16.5. The normalized spacial score (nSPS) is 10.7. The van der Waals surface area contributed by atoms with Crippen LogP contribution in [-0.2, 0) is 24.2 Å². The highest BCUT2D eigenvalue weighted by Gasteiger charge is 2.06. The monoisotopic (exact) mass is 275 g/mol. The van der Waals surface area contributed by atoms with Crippen molar-refractivity contribution >= 4 is 5.97 Å². The summed E-state index contributed by atoms with van der Waals surface area (Å²) in [5.41, 5.74) is 1.83. The summed E-state index contributed by atoms with van der Waals surface area (Å²) in [6.07, 6.45) is 0.697. The second kappa shape index (κ2) is 6.81. The van der Waals surface area contributed by atoms with Crippen molar-refractivity contribution in [1.82, 2.24) is 15.5 Å². The molecule has 0 spiro atoms. The Morgan fingerprint density at radius 1 is 1.35 bits per heavy atom. The van der Waals surface area contributed by atoms with Crippen molar-refractivity contribution in [1.29, 1.82) is 0 Å². The van der Waals surface area contributed by atoms with Crippen LogP contribution in [0.3, 0.4) is 0 Å². The summed E-state index contributed by atoms with van der Waals surface area (Å²) < 4.78 is 5.01. The molecule has 0 saturated carbocycles. The number of nitrogens with zero attached hydrogens (tertiary/aromatic N) is 2. The number of benzene rings is 1. The maximum absolute atomic E-state index is 10.8. The minimum atomic E-state index is -0.821. The van der Waals surface area contributed by atoms with Crippen LogP contribution >= 0.6 is 0 Å². The maximum Gasteiger partial charge on any atom is 0.307 e. The third-order valence-electron chi connectivity index (χ3n) is 2.86. The fraction of sp³-hybridized carbons (Fsp3) is 0.357. The van der Waals surface area contributed by atoms with E-state index in [-0.39, 0.29) is 6.42 Å². The van der Waals surface area contributed by atoms with Gasteiger partial charge in [-0.15, -0.1) is 0 Å². The molecule has 0 saturated heterocycles. The van der Waals surface area contributed by atoms with E-state index in [4.69, 9.17) is 9.63 Å². The summed E-state index contributed by atoms with van der Waals surface area (Å²) in [5, 5.41) is 15.8. The van der Waals surface area contributed by atoms with E-state index in [9.17, 15) is 4.79 Å². The molecule has 0 bridgehead atoms. The van der Waals surface area contributed by atoms with Crippen molar-refractivity contribution in [3.05, 3.63) is 47.1 Å². The second-order valence-corrected chi connectivity index (χ2v) is 4.50. The van der Waals surface area contributed by atoms with Gasteiger partial charge in [-0.3, -0.25) is 4.79 Å². The molecule has 0 radical (unpaired) electrons. The van der Waals surface area contributed by atoms with Gasteiger partial charge in [-0.1, -0.05) is 29.4 Å². The van der Waals surface area contributed by atoms with Crippen molar-refractivity contribution < 1.29 is 14.4 Å². The average Bonchev–Trinajstić information content (AvgIpc) is 2.81. The first-order valence-electron chi connectivity index (χ1n) is 6.43. The number of aryl methyl sites for hydroxylation is 1. The van der Waals surface area contributed by atoms with Gasteiger partial charge < -0.3 is 14.9 Å². The van der Waals surface area contributed by atoms with E-state index in [0.29, 0.717) is 31.2 Å². The Labute approximate surface area is 116 Å². The Kier molecular flexibility index (Phi) is 4.84. The molecular weight excluding hydrogens is 258 g/mol. The molecule has 2 N–H and O–H groups in total. The molecule has 106 valence electrons. The predicted molar refractivity (Wildman–Crippen MR) is 72.2 cm³/mol. The number of aromatic nitrogens is 2. The third kappa shape index (κ3) is 4.17.